The smallest absolute Gasteiger partial charge is 0.138 e. The summed E-state index contributed by atoms with van der Waals surface area (Å²) in [5, 5.41) is 10.1. The van der Waals surface area contributed by atoms with E-state index in [9.17, 15) is 5.11 Å². The van der Waals surface area contributed by atoms with Crippen LogP contribution in [0, 0.1) is 5.92 Å². The van der Waals surface area contributed by atoms with Crippen molar-refractivity contribution in [2.45, 2.75) is 26.3 Å². The van der Waals surface area contributed by atoms with E-state index in [4.69, 9.17) is 17.3 Å². The zero-order chi connectivity index (χ0) is 10.7. The van der Waals surface area contributed by atoms with Crippen LogP contribution in [0.25, 0.3) is 0 Å². The molecule has 0 aliphatic carbocycles. The monoisotopic (exact) mass is 249 g/mol. The lowest BCUT2D eigenvalue weighted by molar-refractivity contribution is 0.419. The highest BCUT2D eigenvalue weighted by Crippen LogP contribution is 2.33. The Morgan fingerprint density at radius 1 is 1.47 bits per heavy atom. The Kier molecular flexibility index (Phi) is 6.03. The second-order valence-corrected chi connectivity index (χ2v) is 4.00. The lowest BCUT2D eigenvalue weighted by atomic mass is 9.93. The van der Waals surface area contributed by atoms with E-state index in [0.29, 0.717) is 10.9 Å². The van der Waals surface area contributed by atoms with Gasteiger partial charge in [-0.15, -0.1) is 12.4 Å². The van der Waals surface area contributed by atoms with Gasteiger partial charge in [-0.3, -0.25) is 0 Å². The highest BCUT2D eigenvalue weighted by atomic mass is 35.5. The first-order chi connectivity index (χ1) is 6.57. The number of hydrogen-bond acceptors (Lipinski definition) is 2. The number of hydrogen-bond donors (Lipinski definition) is 2. The van der Waals surface area contributed by atoms with E-state index in [0.717, 1.165) is 12.0 Å². The molecule has 0 fully saturated rings. The van der Waals surface area contributed by atoms with Crippen LogP contribution in [-0.2, 0) is 0 Å². The van der Waals surface area contributed by atoms with E-state index >= 15 is 0 Å². The number of phenols is 1. The van der Waals surface area contributed by atoms with E-state index in [2.05, 4.69) is 13.8 Å². The predicted molar refractivity (Wildman–Crippen MR) is 66.7 cm³/mol. The first-order valence-corrected chi connectivity index (χ1v) is 5.18. The van der Waals surface area contributed by atoms with E-state index in [1.54, 1.807) is 12.1 Å². The van der Waals surface area contributed by atoms with Crippen molar-refractivity contribution in [2.75, 3.05) is 0 Å². The second-order valence-electron chi connectivity index (χ2n) is 3.59. The minimum Gasteiger partial charge on any atom is -0.506 e. The third kappa shape index (κ3) is 3.26. The summed E-state index contributed by atoms with van der Waals surface area (Å²) in [4.78, 5) is 0. The van der Waals surface area contributed by atoms with Crippen LogP contribution in [0.4, 0.5) is 0 Å². The van der Waals surface area contributed by atoms with Crippen molar-refractivity contribution in [3.8, 4) is 5.75 Å². The number of nitrogens with two attached hydrogens (primary N) is 1. The normalized spacial score (nSPS) is 14.1. The van der Waals surface area contributed by atoms with E-state index in [1.165, 1.54) is 0 Å². The summed E-state index contributed by atoms with van der Waals surface area (Å²) in [6.45, 7) is 4.14. The van der Waals surface area contributed by atoms with E-state index < -0.39 is 0 Å². The van der Waals surface area contributed by atoms with Gasteiger partial charge in [0.2, 0.25) is 0 Å². The van der Waals surface area contributed by atoms with Crippen LogP contribution in [0.3, 0.4) is 0 Å². The van der Waals surface area contributed by atoms with Gasteiger partial charge in [0.05, 0.1) is 5.02 Å². The highest BCUT2D eigenvalue weighted by Gasteiger charge is 2.17. The number of benzene rings is 1. The predicted octanol–water partition coefficient (Wildman–Crippen LogP) is 3.51. The van der Waals surface area contributed by atoms with Crippen molar-refractivity contribution >= 4 is 24.0 Å². The van der Waals surface area contributed by atoms with Gasteiger partial charge in [0.25, 0.3) is 0 Å². The molecule has 0 aliphatic heterocycles. The van der Waals surface area contributed by atoms with Crippen LogP contribution >= 0.6 is 24.0 Å². The summed E-state index contributed by atoms with van der Waals surface area (Å²) >= 11 is 5.80. The molecule has 1 rings (SSSR count). The molecule has 0 saturated heterocycles. The van der Waals surface area contributed by atoms with Crippen molar-refractivity contribution < 1.29 is 5.11 Å². The Labute approximate surface area is 102 Å². The first kappa shape index (κ1) is 14.6. The minimum atomic E-state index is -0.154. The summed E-state index contributed by atoms with van der Waals surface area (Å²) < 4.78 is 0. The molecule has 0 heterocycles. The summed E-state index contributed by atoms with van der Waals surface area (Å²) in [6, 6.07) is 5.13. The third-order valence-electron chi connectivity index (χ3n) is 2.63. The van der Waals surface area contributed by atoms with Gasteiger partial charge in [-0.05, 0) is 12.0 Å². The molecular formula is C11H17Cl2NO. The maximum Gasteiger partial charge on any atom is 0.138 e. The van der Waals surface area contributed by atoms with Crippen LogP contribution in [-0.4, -0.2) is 5.11 Å². The van der Waals surface area contributed by atoms with Gasteiger partial charge < -0.3 is 10.8 Å². The number of aromatic hydroxyl groups is 1. The second kappa shape index (κ2) is 6.21. The average Bonchev–Trinajstić information content (AvgIpc) is 2.20. The molecular weight excluding hydrogens is 233 g/mol. The zero-order valence-electron chi connectivity index (χ0n) is 8.90. The zero-order valence-corrected chi connectivity index (χ0v) is 10.5. The first-order valence-electron chi connectivity index (χ1n) is 4.80. The topological polar surface area (TPSA) is 46.2 Å². The van der Waals surface area contributed by atoms with Gasteiger partial charge in [-0.1, -0.05) is 44.0 Å². The van der Waals surface area contributed by atoms with Crippen LogP contribution in [0.5, 0.6) is 5.75 Å². The van der Waals surface area contributed by atoms with Crippen LogP contribution in [0.15, 0.2) is 18.2 Å². The molecule has 0 bridgehead atoms. The Morgan fingerprint density at radius 3 is 2.60 bits per heavy atom. The lowest BCUT2D eigenvalue weighted by Crippen LogP contribution is -2.18. The molecule has 0 spiro atoms. The standard InChI is InChI=1S/C11H16ClNO.ClH/c1-3-7(2)10(13)8-5-4-6-9(12)11(8)14;/h4-7,10,14H,3,13H2,1-2H3;1H/t7?,10-;/m0./s1. The molecule has 1 aromatic rings. The van der Waals surface area contributed by atoms with Crippen LogP contribution in [0.1, 0.15) is 31.9 Å². The maximum atomic E-state index is 9.70. The third-order valence-corrected chi connectivity index (χ3v) is 2.94. The van der Waals surface area contributed by atoms with Gasteiger partial charge in [-0.2, -0.15) is 0 Å². The largest absolute Gasteiger partial charge is 0.506 e. The average molecular weight is 250 g/mol. The maximum absolute atomic E-state index is 9.70. The van der Waals surface area contributed by atoms with Crippen LogP contribution < -0.4 is 5.73 Å². The van der Waals surface area contributed by atoms with Gasteiger partial charge in [0.1, 0.15) is 5.75 Å². The summed E-state index contributed by atoms with van der Waals surface area (Å²) in [5.74, 6) is 0.446. The van der Waals surface area contributed by atoms with Gasteiger partial charge >= 0.3 is 0 Å². The molecule has 3 N–H and O–H groups in total. The molecule has 86 valence electrons. The van der Waals surface area contributed by atoms with E-state index in [-0.39, 0.29) is 24.2 Å². The minimum absolute atomic E-state index is 0. The molecule has 2 nitrogen and oxygen atoms in total. The molecule has 2 atom stereocenters. The van der Waals surface area contributed by atoms with Crippen LogP contribution in [0.2, 0.25) is 5.02 Å². The summed E-state index contributed by atoms with van der Waals surface area (Å²) in [6.07, 6.45) is 0.979. The Balaban J connectivity index is 0.00000196. The van der Waals surface area contributed by atoms with Gasteiger partial charge in [0, 0.05) is 11.6 Å². The van der Waals surface area contributed by atoms with Crippen molar-refractivity contribution in [3.63, 3.8) is 0 Å². The number of halogens is 2. The summed E-state index contributed by atoms with van der Waals surface area (Å²) in [7, 11) is 0. The van der Waals surface area contributed by atoms with E-state index in [1.807, 2.05) is 6.07 Å². The Morgan fingerprint density at radius 2 is 2.07 bits per heavy atom. The van der Waals surface area contributed by atoms with Crippen molar-refractivity contribution in [3.05, 3.63) is 28.8 Å². The van der Waals surface area contributed by atoms with Gasteiger partial charge in [-0.25, -0.2) is 0 Å². The fraction of sp³-hybridized carbons (Fsp3) is 0.455. The fourth-order valence-electron chi connectivity index (χ4n) is 1.36. The number of rotatable bonds is 3. The highest BCUT2D eigenvalue weighted by molar-refractivity contribution is 6.32. The van der Waals surface area contributed by atoms with Crippen molar-refractivity contribution in [2.24, 2.45) is 11.7 Å². The van der Waals surface area contributed by atoms with Crippen molar-refractivity contribution in [1.29, 1.82) is 0 Å². The molecule has 1 aromatic carbocycles. The quantitative estimate of drug-likeness (QED) is 0.862. The molecule has 0 saturated carbocycles. The molecule has 4 heteroatoms. The summed E-state index contributed by atoms with van der Waals surface area (Å²) in [5.41, 5.74) is 6.73. The molecule has 1 unspecified atom stereocenters. The number of para-hydroxylation sites is 1. The fourth-order valence-corrected chi connectivity index (χ4v) is 1.54. The van der Waals surface area contributed by atoms with Gasteiger partial charge in [0.15, 0.2) is 0 Å². The number of phenolic OH excluding ortho intramolecular Hbond substituents is 1. The molecule has 0 aliphatic rings. The SMILES string of the molecule is CCC(C)[C@H](N)c1cccc(Cl)c1O.Cl. The molecule has 0 amide bonds. The Bertz CT molecular complexity index is 317. The Hall–Kier alpha value is -0.440. The molecule has 0 aromatic heterocycles. The van der Waals surface area contributed by atoms with Crippen molar-refractivity contribution in [1.82, 2.24) is 0 Å². The molecule has 0 radical (unpaired) electrons. The lowest BCUT2D eigenvalue weighted by Gasteiger charge is -2.19. The molecule has 15 heavy (non-hydrogen) atoms.